The molecule has 0 spiro atoms. The molecule has 0 fully saturated rings. The molecule has 21 aromatic carbocycles. The number of pyridine rings is 3. The first-order valence-electron chi connectivity index (χ1n) is 50.5. The van der Waals surface area contributed by atoms with Gasteiger partial charge in [0.05, 0.1) is 50.7 Å². The molecule has 27 aromatic rings. The van der Waals surface area contributed by atoms with Gasteiger partial charge < -0.3 is 0 Å². The molecule has 6 heterocycles. The van der Waals surface area contributed by atoms with Crippen LogP contribution in [0.1, 0.15) is 0 Å². The number of aromatic nitrogens is 9. The fraction of sp³-hybridized carbons (Fsp3) is 0. The third kappa shape index (κ3) is 19.7. The number of hydrogen-bond donors (Lipinski definition) is 0. The lowest BCUT2D eigenvalue weighted by atomic mass is 9.95. The Labute approximate surface area is 870 Å². The standard InChI is InChI=1S/3C47H31N3/c1-3-9-35(10-4-1)44-31-45(36-11-5-2-6-12-36)50-47(49-44)38-22-18-33(19-23-38)40-25-27-41-29-39(24-26-42(41)30-40)32-16-20-34(21-17-32)43-15-7-13-37-14-8-28-48-46(37)43;1-3-9-35(10-4-1)45-30-46(50-47(49-45)37-11-5-2-6-12-37)36-21-19-33(20-22-36)39-24-26-40-27-38(23-25-41(40)28-39)32-15-17-34(18-16-32)43-29-42-13-7-8-14-44(42)48-31-43;1-3-9-35(10-4-1)45-30-46(36-11-5-2-6-12-36)50-47(49-45)37-21-19-33(20-22-37)39-24-26-40-27-38(23-25-41(40)28-39)32-15-17-34(18-16-32)43-29-42-13-7-8-14-44(42)48-31-43/h3*1-31H. The molecule has 0 atom stereocenters. The number of para-hydroxylation sites is 3. The van der Waals surface area contributed by atoms with Crippen LogP contribution in [0.3, 0.4) is 0 Å². The first-order valence-corrected chi connectivity index (χ1v) is 50.5. The average Bonchev–Trinajstić information content (AvgIpc) is 0.787. The molecule has 0 unspecified atom stereocenters. The van der Waals surface area contributed by atoms with Crippen LogP contribution in [0.2, 0.25) is 0 Å². The minimum absolute atomic E-state index is 0.713. The molecule has 0 amide bonds. The van der Waals surface area contributed by atoms with Crippen molar-refractivity contribution in [2.45, 2.75) is 0 Å². The van der Waals surface area contributed by atoms with E-state index in [4.69, 9.17) is 29.9 Å². The van der Waals surface area contributed by atoms with Crippen molar-refractivity contribution < 1.29 is 0 Å². The summed E-state index contributed by atoms with van der Waals surface area (Å²) in [5, 5.41) is 10.7. The van der Waals surface area contributed by atoms with Crippen molar-refractivity contribution in [2.24, 2.45) is 0 Å². The van der Waals surface area contributed by atoms with E-state index in [1.165, 1.54) is 93.5 Å². The molecule has 0 bridgehead atoms. The highest BCUT2D eigenvalue weighted by Crippen LogP contribution is 2.41. The predicted octanol–water partition coefficient (Wildman–Crippen LogP) is 36.5. The molecule has 9 heteroatoms. The average molecular weight is 1910 g/mol. The highest BCUT2D eigenvalue weighted by Gasteiger charge is 2.19. The van der Waals surface area contributed by atoms with Gasteiger partial charge in [0.25, 0.3) is 0 Å². The van der Waals surface area contributed by atoms with E-state index in [9.17, 15) is 0 Å². The molecule has 0 saturated heterocycles. The molecule has 0 saturated carbocycles. The minimum atomic E-state index is 0.713. The molecule has 0 radical (unpaired) electrons. The Bertz CT molecular complexity index is 9040. The highest BCUT2D eigenvalue weighted by atomic mass is 14.9. The van der Waals surface area contributed by atoms with Crippen molar-refractivity contribution in [2.75, 3.05) is 0 Å². The lowest BCUT2D eigenvalue weighted by Gasteiger charge is -2.11. The summed E-state index contributed by atoms with van der Waals surface area (Å²) in [5.74, 6) is 2.15. The maximum absolute atomic E-state index is 4.99. The molecule has 9 nitrogen and oxygen atoms in total. The van der Waals surface area contributed by atoms with Crippen LogP contribution in [0, 0.1) is 0 Å². The van der Waals surface area contributed by atoms with E-state index in [0.29, 0.717) is 11.6 Å². The second-order valence-electron chi connectivity index (χ2n) is 37.6. The van der Waals surface area contributed by atoms with Crippen molar-refractivity contribution >= 4 is 65.0 Å². The maximum Gasteiger partial charge on any atom is 0.160 e. The summed E-state index contributed by atoms with van der Waals surface area (Å²) in [6.07, 6.45) is 5.77. The minimum Gasteiger partial charge on any atom is -0.256 e. The number of nitrogens with zero attached hydrogens (tertiary/aromatic N) is 9. The highest BCUT2D eigenvalue weighted by molar-refractivity contribution is 5.98. The summed E-state index contributed by atoms with van der Waals surface area (Å²) in [7, 11) is 0. The number of rotatable bonds is 18. The first-order chi connectivity index (χ1) is 74.2. The molecular weight excluding hydrogens is 1820 g/mol. The third-order valence-corrected chi connectivity index (χ3v) is 28.0. The van der Waals surface area contributed by atoms with Crippen molar-refractivity contribution in [1.29, 1.82) is 0 Å². The Kier molecular flexibility index (Phi) is 25.1. The zero-order valence-corrected chi connectivity index (χ0v) is 81.7. The molecule has 150 heavy (non-hydrogen) atoms. The van der Waals surface area contributed by atoms with Gasteiger partial charge in [0.2, 0.25) is 0 Å². The smallest absolute Gasteiger partial charge is 0.160 e. The van der Waals surface area contributed by atoms with Crippen LogP contribution in [0.15, 0.2) is 565 Å². The lowest BCUT2D eigenvalue weighted by Crippen LogP contribution is -1.95. The summed E-state index contributed by atoms with van der Waals surface area (Å²) in [6, 6.07) is 192. The lowest BCUT2D eigenvalue weighted by molar-refractivity contribution is 1.18. The van der Waals surface area contributed by atoms with Crippen molar-refractivity contribution in [3.63, 3.8) is 0 Å². The van der Waals surface area contributed by atoms with Gasteiger partial charge in [0, 0.05) is 102 Å². The van der Waals surface area contributed by atoms with Gasteiger partial charge in [-0.2, -0.15) is 0 Å². The monoisotopic (exact) mass is 1910 g/mol. The van der Waals surface area contributed by atoms with Gasteiger partial charge in [-0.05, 0) is 201 Å². The van der Waals surface area contributed by atoms with Crippen molar-refractivity contribution in [3.05, 3.63) is 565 Å². The third-order valence-electron chi connectivity index (χ3n) is 28.0. The topological polar surface area (TPSA) is 116 Å². The Morgan fingerprint density at radius 3 is 0.613 bits per heavy atom. The van der Waals surface area contributed by atoms with Crippen LogP contribution < -0.4 is 0 Å². The van der Waals surface area contributed by atoms with Crippen LogP contribution in [0.25, 0.3) is 267 Å². The normalized spacial score (nSPS) is 11.2. The predicted molar refractivity (Wildman–Crippen MR) is 622 cm³/mol. The maximum atomic E-state index is 4.99. The Balaban J connectivity index is 0.000000116. The Morgan fingerprint density at radius 1 is 0.113 bits per heavy atom. The van der Waals surface area contributed by atoms with Gasteiger partial charge in [-0.15, -0.1) is 0 Å². The van der Waals surface area contributed by atoms with Gasteiger partial charge in [0.15, 0.2) is 17.5 Å². The fourth-order valence-corrected chi connectivity index (χ4v) is 19.9. The van der Waals surface area contributed by atoms with Gasteiger partial charge in [0.1, 0.15) is 0 Å². The van der Waals surface area contributed by atoms with Gasteiger partial charge in [-0.3, -0.25) is 15.0 Å². The van der Waals surface area contributed by atoms with Crippen LogP contribution >= 0.6 is 0 Å². The van der Waals surface area contributed by atoms with Crippen LogP contribution in [-0.2, 0) is 0 Å². The van der Waals surface area contributed by atoms with Crippen molar-refractivity contribution in [1.82, 2.24) is 44.9 Å². The second kappa shape index (κ2) is 41.3. The Hall–Kier alpha value is -20.1. The van der Waals surface area contributed by atoms with E-state index in [0.717, 1.165) is 162 Å². The molecule has 0 aliphatic carbocycles. The summed E-state index contributed by atoms with van der Waals surface area (Å²) < 4.78 is 0. The quantitative estimate of drug-likeness (QED) is 0.0828. The zero-order valence-electron chi connectivity index (χ0n) is 81.7. The van der Waals surface area contributed by atoms with Crippen molar-refractivity contribution in [3.8, 4) is 202 Å². The molecule has 0 aliphatic heterocycles. The molecule has 6 aromatic heterocycles. The molecule has 0 aliphatic rings. The van der Waals surface area contributed by atoms with Crippen LogP contribution in [-0.4, -0.2) is 44.9 Å². The summed E-state index contributed by atoms with van der Waals surface area (Å²) >= 11 is 0. The van der Waals surface area contributed by atoms with Gasteiger partial charge in [-0.25, -0.2) is 29.9 Å². The van der Waals surface area contributed by atoms with Crippen LogP contribution in [0.4, 0.5) is 0 Å². The van der Waals surface area contributed by atoms with E-state index in [1.807, 2.05) is 158 Å². The van der Waals surface area contributed by atoms with E-state index in [2.05, 4.69) is 421 Å². The van der Waals surface area contributed by atoms with Gasteiger partial charge >= 0.3 is 0 Å². The molecular formula is C141H93N9. The Morgan fingerprint density at radius 2 is 0.320 bits per heavy atom. The first kappa shape index (κ1) is 91.1. The number of fused-ring (bicyclic) bond motifs is 6. The van der Waals surface area contributed by atoms with E-state index >= 15 is 0 Å². The van der Waals surface area contributed by atoms with E-state index in [1.54, 1.807) is 0 Å². The molecule has 702 valence electrons. The SMILES string of the molecule is c1ccc(-c2cc(-c3ccc(-c4ccc5cc(-c6ccc(-c7cnc8ccccc8c7)cc6)ccc5c4)cc3)nc(-c3ccccc3)n2)cc1.c1ccc(-c2cc(-c3ccccc3)nc(-c3ccc(-c4ccc5cc(-c6ccc(-c7cccc8cccnc78)cc6)ccc5c4)cc3)n2)cc1.c1ccc(-c2cc(-c3ccccc3)nc(-c3ccc(-c4ccc5cc(-c6ccc(-c7cnc8ccccc8c7)cc6)ccc5c4)cc3)n2)cc1. The number of hydrogen-bond acceptors (Lipinski definition) is 9. The van der Waals surface area contributed by atoms with Gasteiger partial charge in [-0.1, -0.05) is 461 Å². The van der Waals surface area contributed by atoms with E-state index in [-0.39, 0.29) is 0 Å². The second-order valence-corrected chi connectivity index (χ2v) is 37.6. The van der Waals surface area contributed by atoms with Crippen LogP contribution in [0.5, 0.6) is 0 Å². The molecule has 27 rings (SSSR count). The largest absolute Gasteiger partial charge is 0.256 e. The van der Waals surface area contributed by atoms with E-state index < -0.39 is 0 Å². The summed E-state index contributed by atoms with van der Waals surface area (Å²) in [5.41, 5.74) is 38.9. The fourth-order valence-electron chi connectivity index (χ4n) is 19.9. The molecule has 0 N–H and O–H groups in total. The number of benzene rings is 21. The summed E-state index contributed by atoms with van der Waals surface area (Å²) in [4.78, 5) is 43.8. The zero-order chi connectivity index (χ0) is 99.8. The summed E-state index contributed by atoms with van der Waals surface area (Å²) in [6.45, 7) is 0.